The Balaban J connectivity index is 1.51. The predicted molar refractivity (Wildman–Crippen MR) is 93.5 cm³/mol. The summed E-state index contributed by atoms with van der Waals surface area (Å²) in [5.74, 6) is 1.39. The van der Waals surface area contributed by atoms with Crippen molar-refractivity contribution in [2.75, 3.05) is 39.5 Å². The van der Waals surface area contributed by atoms with Gasteiger partial charge in [0.2, 0.25) is 0 Å². The fraction of sp³-hybridized carbons (Fsp3) is 0.421. The summed E-state index contributed by atoms with van der Waals surface area (Å²) >= 11 is 0. The van der Waals surface area contributed by atoms with E-state index in [0.717, 1.165) is 24.4 Å². The third kappa shape index (κ3) is 5.08. The van der Waals surface area contributed by atoms with Crippen LogP contribution in [0.1, 0.15) is 17.4 Å². The van der Waals surface area contributed by atoms with E-state index in [9.17, 15) is 4.79 Å². The molecule has 1 aliphatic heterocycles. The van der Waals surface area contributed by atoms with Gasteiger partial charge in [0, 0.05) is 19.6 Å². The van der Waals surface area contributed by atoms with E-state index in [2.05, 4.69) is 10.2 Å². The third-order valence-electron chi connectivity index (χ3n) is 4.24. The maximum Gasteiger partial charge on any atom is 0.258 e. The van der Waals surface area contributed by atoms with Crippen LogP contribution in [0.3, 0.4) is 0 Å². The van der Waals surface area contributed by atoms with Gasteiger partial charge in [0.1, 0.15) is 11.5 Å². The van der Waals surface area contributed by atoms with Gasteiger partial charge in [-0.2, -0.15) is 0 Å². The zero-order valence-corrected chi connectivity index (χ0v) is 14.4. The first-order valence-electron chi connectivity index (χ1n) is 8.54. The van der Waals surface area contributed by atoms with Gasteiger partial charge in [-0.25, -0.2) is 0 Å². The summed E-state index contributed by atoms with van der Waals surface area (Å²) in [7, 11) is 0. The number of benzene rings is 1. The van der Waals surface area contributed by atoms with Crippen LogP contribution in [-0.4, -0.2) is 50.3 Å². The normalized spacial score (nSPS) is 16.4. The number of rotatable bonds is 7. The Hall–Kier alpha value is -2.31. The molecule has 1 fully saturated rings. The standard InChI is InChI=1S/C19H24N2O4/c1-15-4-6-16(7-5-15)25-14-19(22)20-13-17(18-3-2-10-24-18)21-8-11-23-12-9-21/h2-7,10,17H,8-9,11-14H2,1H3,(H,20,22)/t17-/m1/s1. The fourth-order valence-electron chi connectivity index (χ4n) is 2.82. The van der Waals surface area contributed by atoms with E-state index >= 15 is 0 Å². The maximum absolute atomic E-state index is 12.1. The van der Waals surface area contributed by atoms with Crippen molar-refractivity contribution in [2.24, 2.45) is 0 Å². The average molecular weight is 344 g/mol. The lowest BCUT2D eigenvalue weighted by atomic mass is 10.1. The van der Waals surface area contributed by atoms with E-state index in [-0.39, 0.29) is 18.6 Å². The highest BCUT2D eigenvalue weighted by Crippen LogP contribution is 2.21. The first kappa shape index (κ1) is 17.5. The van der Waals surface area contributed by atoms with Gasteiger partial charge in [-0.05, 0) is 31.2 Å². The van der Waals surface area contributed by atoms with Gasteiger partial charge in [0.15, 0.2) is 6.61 Å². The molecular weight excluding hydrogens is 320 g/mol. The monoisotopic (exact) mass is 344 g/mol. The summed E-state index contributed by atoms with van der Waals surface area (Å²) < 4.78 is 16.5. The van der Waals surface area contributed by atoms with Crippen molar-refractivity contribution in [2.45, 2.75) is 13.0 Å². The molecule has 1 saturated heterocycles. The summed E-state index contributed by atoms with van der Waals surface area (Å²) in [6.45, 7) is 5.52. The van der Waals surface area contributed by atoms with Crippen molar-refractivity contribution >= 4 is 5.91 Å². The van der Waals surface area contributed by atoms with Crippen molar-refractivity contribution < 1.29 is 18.7 Å². The van der Waals surface area contributed by atoms with Crippen LogP contribution in [0.5, 0.6) is 5.75 Å². The molecule has 1 aromatic carbocycles. The molecule has 1 amide bonds. The van der Waals surface area contributed by atoms with E-state index in [1.807, 2.05) is 43.3 Å². The molecule has 0 saturated carbocycles. The number of aryl methyl sites for hydroxylation is 1. The highest BCUT2D eigenvalue weighted by atomic mass is 16.5. The lowest BCUT2D eigenvalue weighted by Crippen LogP contribution is -2.44. The largest absolute Gasteiger partial charge is 0.484 e. The molecule has 0 aliphatic carbocycles. The van der Waals surface area contributed by atoms with Gasteiger partial charge >= 0.3 is 0 Å². The van der Waals surface area contributed by atoms with Crippen LogP contribution < -0.4 is 10.1 Å². The Morgan fingerprint density at radius 2 is 2.00 bits per heavy atom. The Labute approximate surface area is 147 Å². The molecule has 0 bridgehead atoms. The molecule has 1 atom stereocenters. The number of hydrogen-bond donors (Lipinski definition) is 1. The number of hydrogen-bond acceptors (Lipinski definition) is 5. The lowest BCUT2D eigenvalue weighted by Gasteiger charge is -2.33. The highest BCUT2D eigenvalue weighted by Gasteiger charge is 2.25. The van der Waals surface area contributed by atoms with Gasteiger partial charge in [0.05, 0.1) is 25.5 Å². The number of carbonyl (C=O) groups is 1. The van der Waals surface area contributed by atoms with Crippen LogP contribution in [0.25, 0.3) is 0 Å². The van der Waals surface area contributed by atoms with E-state index < -0.39 is 0 Å². The van der Waals surface area contributed by atoms with Crippen LogP contribution >= 0.6 is 0 Å². The van der Waals surface area contributed by atoms with Crippen molar-refractivity contribution in [1.29, 1.82) is 0 Å². The van der Waals surface area contributed by atoms with E-state index in [1.165, 1.54) is 0 Å². The van der Waals surface area contributed by atoms with Crippen LogP contribution in [-0.2, 0) is 9.53 Å². The van der Waals surface area contributed by atoms with Crippen LogP contribution in [0, 0.1) is 6.92 Å². The second-order valence-corrected chi connectivity index (χ2v) is 6.09. The molecule has 0 unspecified atom stereocenters. The molecule has 1 aromatic heterocycles. The predicted octanol–water partition coefficient (Wildman–Crippen LogP) is 2.16. The Bertz CT molecular complexity index is 649. The first-order valence-corrected chi connectivity index (χ1v) is 8.54. The summed E-state index contributed by atoms with van der Waals surface area (Å²) in [5.41, 5.74) is 1.16. The summed E-state index contributed by atoms with van der Waals surface area (Å²) in [6.07, 6.45) is 1.66. The zero-order chi connectivity index (χ0) is 17.5. The molecular formula is C19H24N2O4. The van der Waals surface area contributed by atoms with Crippen molar-refractivity contribution in [1.82, 2.24) is 10.2 Å². The molecule has 2 aromatic rings. The Kier molecular flexibility index (Phi) is 6.09. The van der Waals surface area contributed by atoms with Gasteiger partial charge in [-0.1, -0.05) is 17.7 Å². The zero-order valence-electron chi connectivity index (χ0n) is 14.4. The molecule has 0 spiro atoms. The summed E-state index contributed by atoms with van der Waals surface area (Å²) in [4.78, 5) is 14.4. The van der Waals surface area contributed by atoms with Crippen molar-refractivity contribution in [3.05, 3.63) is 54.0 Å². The van der Waals surface area contributed by atoms with Crippen molar-refractivity contribution in [3.8, 4) is 5.75 Å². The van der Waals surface area contributed by atoms with Crippen LogP contribution in [0.15, 0.2) is 47.1 Å². The summed E-state index contributed by atoms with van der Waals surface area (Å²) in [6, 6.07) is 11.4. The molecule has 1 N–H and O–H groups in total. The number of morpholine rings is 1. The number of amides is 1. The quantitative estimate of drug-likeness (QED) is 0.834. The number of nitrogens with one attached hydrogen (secondary N) is 1. The SMILES string of the molecule is Cc1ccc(OCC(=O)NC[C@H](c2ccco2)N2CCOCC2)cc1. The molecule has 25 heavy (non-hydrogen) atoms. The van der Waals surface area contributed by atoms with E-state index in [1.54, 1.807) is 6.26 Å². The number of ether oxygens (including phenoxy) is 2. The van der Waals surface area contributed by atoms with Gasteiger partial charge < -0.3 is 19.2 Å². The first-order chi connectivity index (χ1) is 12.2. The smallest absolute Gasteiger partial charge is 0.258 e. The van der Waals surface area contributed by atoms with Crippen molar-refractivity contribution in [3.63, 3.8) is 0 Å². The second-order valence-electron chi connectivity index (χ2n) is 6.09. The fourth-order valence-corrected chi connectivity index (χ4v) is 2.82. The Morgan fingerprint density at radius 3 is 2.68 bits per heavy atom. The molecule has 2 heterocycles. The second kappa shape index (κ2) is 8.69. The molecule has 1 aliphatic rings. The molecule has 0 radical (unpaired) electrons. The van der Waals surface area contributed by atoms with Gasteiger partial charge in [0.25, 0.3) is 5.91 Å². The number of carbonyl (C=O) groups excluding carboxylic acids is 1. The highest BCUT2D eigenvalue weighted by molar-refractivity contribution is 5.77. The maximum atomic E-state index is 12.1. The van der Waals surface area contributed by atoms with E-state index in [4.69, 9.17) is 13.9 Å². The topological polar surface area (TPSA) is 63.9 Å². The molecule has 134 valence electrons. The third-order valence-corrected chi connectivity index (χ3v) is 4.24. The van der Waals surface area contributed by atoms with Crippen LogP contribution in [0.4, 0.5) is 0 Å². The number of furan rings is 1. The molecule has 3 rings (SSSR count). The average Bonchev–Trinajstić information content (AvgIpc) is 3.17. The minimum atomic E-state index is -0.148. The lowest BCUT2D eigenvalue weighted by molar-refractivity contribution is -0.123. The Morgan fingerprint density at radius 1 is 1.24 bits per heavy atom. The number of nitrogens with zero attached hydrogens (tertiary/aromatic N) is 1. The molecule has 6 nitrogen and oxygen atoms in total. The molecule has 6 heteroatoms. The minimum Gasteiger partial charge on any atom is -0.484 e. The van der Waals surface area contributed by atoms with Crippen LogP contribution in [0.2, 0.25) is 0 Å². The van der Waals surface area contributed by atoms with Gasteiger partial charge in [-0.15, -0.1) is 0 Å². The van der Waals surface area contributed by atoms with E-state index in [0.29, 0.717) is 25.5 Å². The minimum absolute atomic E-state index is 0.00206. The van der Waals surface area contributed by atoms with Gasteiger partial charge in [-0.3, -0.25) is 9.69 Å². The summed E-state index contributed by atoms with van der Waals surface area (Å²) in [5, 5.41) is 2.94.